The molecule has 3 rings (SSSR count). The predicted molar refractivity (Wildman–Crippen MR) is 96.4 cm³/mol. The number of ether oxygens (including phenoxy) is 1. The summed E-state index contributed by atoms with van der Waals surface area (Å²) in [7, 11) is 3.85. The fourth-order valence-electron chi connectivity index (χ4n) is 4.38. The largest absolute Gasteiger partial charge is 0.497 e. The van der Waals surface area contributed by atoms with E-state index >= 15 is 0 Å². The van der Waals surface area contributed by atoms with Gasteiger partial charge in [0, 0.05) is 13.1 Å². The van der Waals surface area contributed by atoms with Gasteiger partial charge in [0.1, 0.15) is 5.75 Å². The number of carbonyl (C=O) groups excluding carboxylic acids is 1. The molecular weight excluding hydrogens is 300 g/mol. The molecule has 1 saturated heterocycles. The highest BCUT2D eigenvalue weighted by molar-refractivity contribution is 5.88. The number of nitrogens with one attached hydrogen (secondary N) is 1. The monoisotopic (exact) mass is 330 g/mol. The minimum atomic E-state index is -0.340. The molecule has 2 aliphatic rings. The topological polar surface area (TPSA) is 41.6 Å². The summed E-state index contributed by atoms with van der Waals surface area (Å²) >= 11 is 0. The highest BCUT2D eigenvalue weighted by atomic mass is 16.5. The van der Waals surface area contributed by atoms with Crippen molar-refractivity contribution in [2.45, 2.75) is 43.9 Å². The molecule has 2 fully saturated rings. The fraction of sp³-hybridized carbons (Fsp3) is 0.650. The number of amides is 1. The average Bonchev–Trinajstić information content (AvgIpc) is 3.11. The van der Waals surface area contributed by atoms with Gasteiger partial charge in [0.05, 0.1) is 12.5 Å². The number of rotatable bonds is 5. The van der Waals surface area contributed by atoms with Crippen molar-refractivity contribution in [3.63, 3.8) is 0 Å². The van der Waals surface area contributed by atoms with Crippen molar-refractivity contribution in [1.82, 2.24) is 10.2 Å². The Balaban J connectivity index is 1.68. The number of nitrogens with zero attached hydrogens (tertiary/aromatic N) is 1. The van der Waals surface area contributed by atoms with Gasteiger partial charge in [0.2, 0.25) is 5.91 Å². The van der Waals surface area contributed by atoms with Gasteiger partial charge in [0.25, 0.3) is 0 Å². The van der Waals surface area contributed by atoms with Crippen molar-refractivity contribution in [3.05, 3.63) is 29.8 Å². The van der Waals surface area contributed by atoms with E-state index in [1.165, 1.54) is 19.4 Å². The Morgan fingerprint density at radius 3 is 2.58 bits per heavy atom. The molecule has 0 unspecified atom stereocenters. The second kappa shape index (κ2) is 7.56. The molecule has 1 aliphatic heterocycles. The summed E-state index contributed by atoms with van der Waals surface area (Å²) in [4.78, 5) is 15.5. The Kier molecular flexibility index (Phi) is 5.44. The zero-order valence-corrected chi connectivity index (χ0v) is 15.0. The van der Waals surface area contributed by atoms with Crippen LogP contribution in [0, 0.1) is 5.92 Å². The third-order valence-corrected chi connectivity index (χ3v) is 5.81. The Bertz CT molecular complexity index is 549. The smallest absolute Gasteiger partial charge is 0.230 e. The lowest BCUT2D eigenvalue weighted by Crippen LogP contribution is -2.46. The molecule has 1 heterocycles. The number of carbonyl (C=O) groups is 1. The van der Waals surface area contributed by atoms with Gasteiger partial charge < -0.3 is 15.0 Å². The van der Waals surface area contributed by atoms with Crippen LogP contribution in [0.4, 0.5) is 0 Å². The van der Waals surface area contributed by atoms with E-state index in [2.05, 4.69) is 29.4 Å². The van der Waals surface area contributed by atoms with Crippen LogP contribution in [0.15, 0.2) is 24.3 Å². The SMILES string of the molecule is COc1ccc(C2(C(=O)NC[C@H]3CCCN(C)C3)CCCC2)cc1. The molecule has 132 valence electrons. The molecule has 1 aliphatic carbocycles. The third kappa shape index (κ3) is 3.59. The Morgan fingerprint density at radius 2 is 1.96 bits per heavy atom. The normalized spacial score (nSPS) is 23.8. The molecule has 1 amide bonds. The molecule has 0 bridgehead atoms. The summed E-state index contributed by atoms with van der Waals surface area (Å²) in [6.45, 7) is 3.08. The van der Waals surface area contributed by atoms with Crippen LogP contribution >= 0.6 is 0 Å². The average molecular weight is 330 g/mol. The van der Waals surface area contributed by atoms with E-state index in [0.29, 0.717) is 5.92 Å². The third-order valence-electron chi connectivity index (χ3n) is 5.81. The van der Waals surface area contributed by atoms with Gasteiger partial charge in [-0.3, -0.25) is 4.79 Å². The number of hydrogen-bond donors (Lipinski definition) is 1. The minimum absolute atomic E-state index is 0.221. The van der Waals surface area contributed by atoms with Crippen molar-refractivity contribution in [2.24, 2.45) is 5.92 Å². The van der Waals surface area contributed by atoms with Crippen LogP contribution in [0.2, 0.25) is 0 Å². The lowest BCUT2D eigenvalue weighted by atomic mass is 9.78. The molecule has 1 aromatic rings. The first-order valence-electron chi connectivity index (χ1n) is 9.25. The summed E-state index contributed by atoms with van der Waals surface area (Å²) in [5.74, 6) is 1.65. The molecule has 1 atom stereocenters. The summed E-state index contributed by atoms with van der Waals surface area (Å²) in [5.41, 5.74) is 0.798. The molecular formula is C20H30N2O2. The number of methoxy groups -OCH3 is 1. The van der Waals surface area contributed by atoms with Crippen molar-refractivity contribution < 1.29 is 9.53 Å². The van der Waals surface area contributed by atoms with E-state index in [1.54, 1.807) is 7.11 Å². The molecule has 0 aromatic heterocycles. The molecule has 1 aromatic carbocycles. The van der Waals surface area contributed by atoms with Crippen molar-refractivity contribution in [2.75, 3.05) is 33.8 Å². The summed E-state index contributed by atoms with van der Waals surface area (Å²) < 4.78 is 5.26. The lowest BCUT2D eigenvalue weighted by molar-refractivity contribution is -0.126. The second-order valence-electron chi connectivity index (χ2n) is 7.50. The van der Waals surface area contributed by atoms with E-state index in [-0.39, 0.29) is 11.3 Å². The number of hydrogen-bond acceptors (Lipinski definition) is 3. The lowest BCUT2D eigenvalue weighted by Gasteiger charge is -2.32. The highest BCUT2D eigenvalue weighted by Crippen LogP contribution is 2.41. The first-order valence-corrected chi connectivity index (χ1v) is 9.25. The van der Waals surface area contributed by atoms with Crippen molar-refractivity contribution in [3.8, 4) is 5.75 Å². The standard InChI is InChI=1S/C20H30N2O2/c1-22-13-5-6-16(15-22)14-21-19(23)20(11-3-4-12-20)17-7-9-18(24-2)10-8-17/h7-10,16H,3-6,11-15H2,1-2H3,(H,21,23)/t16-/m1/s1. The second-order valence-corrected chi connectivity index (χ2v) is 7.50. The van der Waals surface area contributed by atoms with Gasteiger partial charge in [-0.2, -0.15) is 0 Å². The van der Waals surface area contributed by atoms with Crippen LogP contribution < -0.4 is 10.1 Å². The highest BCUT2D eigenvalue weighted by Gasteiger charge is 2.42. The van der Waals surface area contributed by atoms with Crippen molar-refractivity contribution in [1.29, 1.82) is 0 Å². The van der Waals surface area contributed by atoms with Crippen LogP contribution in [0.1, 0.15) is 44.1 Å². The molecule has 24 heavy (non-hydrogen) atoms. The van der Waals surface area contributed by atoms with Gasteiger partial charge in [0.15, 0.2) is 0 Å². The predicted octanol–water partition coefficient (Wildman–Crippen LogP) is 2.97. The van der Waals surface area contributed by atoms with Crippen LogP contribution in [0.3, 0.4) is 0 Å². The fourth-order valence-corrected chi connectivity index (χ4v) is 4.38. The van der Waals surface area contributed by atoms with E-state index < -0.39 is 0 Å². The van der Waals surface area contributed by atoms with E-state index in [1.807, 2.05) is 12.1 Å². The first kappa shape index (κ1) is 17.3. The Hall–Kier alpha value is -1.55. The summed E-state index contributed by atoms with van der Waals surface area (Å²) in [6.07, 6.45) is 6.63. The quantitative estimate of drug-likeness (QED) is 0.902. The summed E-state index contributed by atoms with van der Waals surface area (Å²) in [6, 6.07) is 8.08. The Morgan fingerprint density at radius 1 is 1.25 bits per heavy atom. The molecule has 0 spiro atoms. The number of benzene rings is 1. The number of piperidine rings is 1. The zero-order valence-electron chi connectivity index (χ0n) is 15.0. The van der Waals surface area contributed by atoms with Gasteiger partial charge in [-0.25, -0.2) is 0 Å². The van der Waals surface area contributed by atoms with Crippen LogP contribution in [0.5, 0.6) is 5.75 Å². The maximum absolute atomic E-state index is 13.1. The van der Waals surface area contributed by atoms with Crippen LogP contribution in [0.25, 0.3) is 0 Å². The molecule has 1 saturated carbocycles. The van der Waals surface area contributed by atoms with E-state index in [9.17, 15) is 4.79 Å². The van der Waals surface area contributed by atoms with Crippen LogP contribution in [-0.4, -0.2) is 44.6 Å². The van der Waals surface area contributed by atoms with Gasteiger partial charge >= 0.3 is 0 Å². The molecule has 0 radical (unpaired) electrons. The Labute approximate surface area is 145 Å². The van der Waals surface area contributed by atoms with E-state index in [0.717, 1.165) is 50.1 Å². The van der Waals surface area contributed by atoms with Crippen molar-refractivity contribution >= 4 is 5.91 Å². The molecule has 4 nitrogen and oxygen atoms in total. The first-order chi connectivity index (χ1) is 11.6. The van der Waals surface area contributed by atoms with Gasteiger partial charge in [-0.05, 0) is 62.9 Å². The molecule has 4 heteroatoms. The number of likely N-dealkylation sites (tertiary alicyclic amines) is 1. The zero-order chi connectivity index (χ0) is 17.0. The summed E-state index contributed by atoms with van der Waals surface area (Å²) in [5, 5.41) is 3.29. The maximum atomic E-state index is 13.1. The molecule has 1 N–H and O–H groups in total. The minimum Gasteiger partial charge on any atom is -0.497 e. The van der Waals surface area contributed by atoms with Gasteiger partial charge in [-0.1, -0.05) is 25.0 Å². The van der Waals surface area contributed by atoms with Crippen LogP contribution in [-0.2, 0) is 10.2 Å². The van der Waals surface area contributed by atoms with Gasteiger partial charge in [-0.15, -0.1) is 0 Å². The van der Waals surface area contributed by atoms with E-state index in [4.69, 9.17) is 4.74 Å². The maximum Gasteiger partial charge on any atom is 0.230 e.